The molecule has 19 heavy (non-hydrogen) atoms. The van der Waals surface area contributed by atoms with Gasteiger partial charge in [0.15, 0.2) is 0 Å². The SMILES string of the molecule is Cc1csc([C@@H](C)C(=O)N(C)CCN(C)C2CC2)n1. The topological polar surface area (TPSA) is 36.4 Å². The van der Waals surface area contributed by atoms with Crippen molar-refractivity contribution in [3.05, 3.63) is 16.1 Å². The number of aryl methyl sites for hydroxylation is 1. The monoisotopic (exact) mass is 281 g/mol. The van der Waals surface area contributed by atoms with Crippen LogP contribution in [0.2, 0.25) is 0 Å². The minimum Gasteiger partial charge on any atom is -0.344 e. The van der Waals surface area contributed by atoms with Crippen LogP contribution in [-0.2, 0) is 4.79 Å². The predicted octanol–water partition coefficient (Wildman–Crippen LogP) is 2.11. The summed E-state index contributed by atoms with van der Waals surface area (Å²) in [5, 5.41) is 2.92. The molecule has 1 heterocycles. The number of carbonyl (C=O) groups is 1. The lowest BCUT2D eigenvalue weighted by molar-refractivity contribution is -0.131. The molecule has 1 aliphatic carbocycles. The molecule has 1 fully saturated rings. The maximum Gasteiger partial charge on any atom is 0.232 e. The molecule has 1 saturated carbocycles. The zero-order valence-electron chi connectivity index (χ0n) is 12.2. The zero-order chi connectivity index (χ0) is 14.0. The van der Waals surface area contributed by atoms with E-state index >= 15 is 0 Å². The molecule has 4 nitrogen and oxygen atoms in total. The Morgan fingerprint density at radius 2 is 2.16 bits per heavy atom. The van der Waals surface area contributed by atoms with Crippen LogP contribution in [0.1, 0.15) is 36.4 Å². The van der Waals surface area contributed by atoms with Crippen LogP contribution in [0.25, 0.3) is 0 Å². The minimum absolute atomic E-state index is 0.130. The molecule has 5 heteroatoms. The van der Waals surface area contributed by atoms with E-state index in [4.69, 9.17) is 0 Å². The summed E-state index contributed by atoms with van der Waals surface area (Å²) in [5.74, 6) is 0.0356. The molecule has 0 N–H and O–H groups in total. The second-order valence-corrected chi connectivity index (χ2v) is 6.41. The number of hydrogen-bond donors (Lipinski definition) is 0. The number of hydrogen-bond acceptors (Lipinski definition) is 4. The molecular weight excluding hydrogens is 258 g/mol. The standard InChI is InChI=1S/C14H23N3OS/c1-10-9-19-13(15-10)11(2)14(18)17(4)8-7-16(3)12-5-6-12/h9,11-12H,5-8H2,1-4H3/t11-/m1/s1. The van der Waals surface area contributed by atoms with Gasteiger partial charge in [-0.15, -0.1) is 11.3 Å². The molecule has 0 aliphatic heterocycles. The van der Waals surface area contributed by atoms with Crippen molar-refractivity contribution in [2.75, 3.05) is 27.2 Å². The predicted molar refractivity (Wildman–Crippen MR) is 78.6 cm³/mol. The van der Waals surface area contributed by atoms with Crippen LogP contribution >= 0.6 is 11.3 Å². The van der Waals surface area contributed by atoms with E-state index in [9.17, 15) is 4.79 Å². The molecule has 0 saturated heterocycles. The lowest BCUT2D eigenvalue weighted by Gasteiger charge is -2.23. The van der Waals surface area contributed by atoms with Crippen molar-refractivity contribution >= 4 is 17.2 Å². The first kappa shape index (κ1) is 14.5. The maximum absolute atomic E-state index is 12.3. The van der Waals surface area contributed by atoms with Crippen molar-refractivity contribution in [2.45, 2.75) is 38.6 Å². The van der Waals surface area contributed by atoms with Gasteiger partial charge in [0, 0.05) is 37.3 Å². The van der Waals surface area contributed by atoms with Gasteiger partial charge in [0.05, 0.1) is 5.92 Å². The highest BCUT2D eigenvalue weighted by Crippen LogP contribution is 2.25. The Labute approximate surface area is 119 Å². The number of aromatic nitrogens is 1. The van der Waals surface area contributed by atoms with Gasteiger partial charge in [-0.3, -0.25) is 4.79 Å². The third-order valence-electron chi connectivity index (χ3n) is 3.71. The first-order valence-corrected chi connectivity index (χ1v) is 7.74. The second kappa shape index (κ2) is 6.01. The average Bonchev–Trinajstić information content (AvgIpc) is 3.16. The summed E-state index contributed by atoms with van der Waals surface area (Å²) in [6.07, 6.45) is 2.62. The van der Waals surface area contributed by atoms with Crippen LogP contribution in [0.4, 0.5) is 0 Å². The Morgan fingerprint density at radius 3 is 2.68 bits per heavy atom. The summed E-state index contributed by atoms with van der Waals surface area (Å²) < 4.78 is 0. The molecule has 1 aromatic rings. The third-order valence-corrected chi connectivity index (χ3v) is 4.86. The number of thiazole rings is 1. The fraction of sp³-hybridized carbons (Fsp3) is 0.714. The molecule has 0 bridgehead atoms. The molecule has 1 atom stereocenters. The minimum atomic E-state index is -0.130. The smallest absolute Gasteiger partial charge is 0.232 e. The first-order valence-electron chi connectivity index (χ1n) is 6.86. The van der Waals surface area contributed by atoms with E-state index in [0.717, 1.165) is 29.8 Å². The normalized spacial score (nSPS) is 16.7. The number of amides is 1. The Kier molecular flexibility index (Phi) is 4.58. The van der Waals surface area contributed by atoms with Gasteiger partial charge >= 0.3 is 0 Å². The van der Waals surface area contributed by atoms with Gasteiger partial charge in [-0.1, -0.05) is 0 Å². The zero-order valence-corrected chi connectivity index (χ0v) is 13.0. The molecule has 1 aliphatic rings. The van der Waals surface area contributed by atoms with E-state index in [1.54, 1.807) is 11.3 Å². The summed E-state index contributed by atoms with van der Waals surface area (Å²) in [7, 11) is 4.03. The quantitative estimate of drug-likeness (QED) is 0.801. The van der Waals surface area contributed by atoms with Crippen LogP contribution in [0.15, 0.2) is 5.38 Å². The number of carbonyl (C=O) groups excluding carboxylic acids is 1. The Morgan fingerprint density at radius 1 is 1.47 bits per heavy atom. The summed E-state index contributed by atoms with van der Waals surface area (Å²) in [4.78, 5) is 20.9. The van der Waals surface area contributed by atoms with Crippen molar-refractivity contribution in [2.24, 2.45) is 0 Å². The van der Waals surface area contributed by atoms with Crippen LogP contribution in [0, 0.1) is 6.92 Å². The highest BCUT2D eigenvalue weighted by atomic mass is 32.1. The Hall–Kier alpha value is -0.940. The van der Waals surface area contributed by atoms with Crippen molar-refractivity contribution < 1.29 is 4.79 Å². The van der Waals surface area contributed by atoms with Crippen molar-refractivity contribution in [3.63, 3.8) is 0 Å². The number of likely N-dealkylation sites (N-methyl/N-ethyl adjacent to an activating group) is 2. The molecule has 1 amide bonds. The van der Waals surface area contributed by atoms with Gasteiger partial charge in [0.1, 0.15) is 5.01 Å². The van der Waals surface area contributed by atoms with E-state index in [0.29, 0.717) is 0 Å². The van der Waals surface area contributed by atoms with Crippen LogP contribution in [-0.4, -0.2) is 53.9 Å². The molecule has 1 aromatic heterocycles. The summed E-state index contributed by atoms with van der Waals surface area (Å²) >= 11 is 1.57. The van der Waals surface area contributed by atoms with Gasteiger partial charge in [-0.05, 0) is 33.7 Å². The van der Waals surface area contributed by atoms with Crippen molar-refractivity contribution in [1.29, 1.82) is 0 Å². The van der Waals surface area contributed by atoms with E-state index in [1.807, 2.05) is 31.2 Å². The highest BCUT2D eigenvalue weighted by Gasteiger charge is 2.27. The molecular formula is C14H23N3OS. The fourth-order valence-corrected chi connectivity index (χ4v) is 2.97. The van der Waals surface area contributed by atoms with E-state index in [1.165, 1.54) is 12.8 Å². The molecule has 0 radical (unpaired) electrons. The van der Waals surface area contributed by atoms with Gasteiger partial charge in [-0.25, -0.2) is 4.98 Å². The van der Waals surface area contributed by atoms with Gasteiger partial charge in [-0.2, -0.15) is 0 Å². The number of rotatable bonds is 6. The van der Waals surface area contributed by atoms with Crippen LogP contribution in [0.3, 0.4) is 0 Å². The van der Waals surface area contributed by atoms with Crippen LogP contribution < -0.4 is 0 Å². The number of nitrogens with zero attached hydrogens (tertiary/aromatic N) is 3. The molecule has 0 spiro atoms. The van der Waals surface area contributed by atoms with Crippen LogP contribution in [0.5, 0.6) is 0 Å². The Balaban J connectivity index is 1.83. The lowest BCUT2D eigenvalue weighted by Crippen LogP contribution is -2.37. The maximum atomic E-state index is 12.3. The van der Waals surface area contributed by atoms with Crippen molar-refractivity contribution in [1.82, 2.24) is 14.8 Å². The first-order chi connectivity index (χ1) is 8.99. The van der Waals surface area contributed by atoms with Gasteiger partial charge in [0.25, 0.3) is 0 Å². The van der Waals surface area contributed by atoms with E-state index < -0.39 is 0 Å². The second-order valence-electron chi connectivity index (χ2n) is 5.52. The molecule has 2 rings (SSSR count). The summed E-state index contributed by atoms with van der Waals surface area (Å²) in [6, 6.07) is 0.752. The van der Waals surface area contributed by atoms with Crippen molar-refractivity contribution in [3.8, 4) is 0 Å². The molecule has 106 valence electrons. The average molecular weight is 281 g/mol. The summed E-state index contributed by atoms with van der Waals surface area (Å²) in [6.45, 7) is 5.66. The van der Waals surface area contributed by atoms with E-state index in [-0.39, 0.29) is 11.8 Å². The lowest BCUT2D eigenvalue weighted by atomic mass is 10.1. The Bertz CT molecular complexity index is 442. The fourth-order valence-electron chi connectivity index (χ4n) is 2.12. The van der Waals surface area contributed by atoms with Gasteiger partial charge < -0.3 is 9.80 Å². The highest BCUT2D eigenvalue weighted by molar-refractivity contribution is 7.09. The largest absolute Gasteiger partial charge is 0.344 e. The van der Waals surface area contributed by atoms with Gasteiger partial charge in [0.2, 0.25) is 5.91 Å². The van der Waals surface area contributed by atoms with E-state index in [2.05, 4.69) is 16.9 Å². The third kappa shape index (κ3) is 3.76. The molecule has 0 unspecified atom stereocenters. The summed E-state index contributed by atoms with van der Waals surface area (Å²) in [5.41, 5.74) is 0.996. The molecule has 0 aromatic carbocycles.